The van der Waals surface area contributed by atoms with Crippen LogP contribution in [0.15, 0.2) is 30.3 Å². The average molecular weight is 266 g/mol. The summed E-state index contributed by atoms with van der Waals surface area (Å²) in [6.45, 7) is 2.43. The quantitative estimate of drug-likeness (QED) is 0.391. The number of ether oxygens (including phenoxy) is 3. The van der Waals surface area contributed by atoms with E-state index in [1.54, 1.807) is 7.11 Å². The van der Waals surface area contributed by atoms with Gasteiger partial charge in [-0.1, -0.05) is 30.3 Å². The molecule has 0 N–H and O–H groups in total. The van der Waals surface area contributed by atoms with Crippen LogP contribution in [-0.4, -0.2) is 26.5 Å². The molecule has 0 aliphatic carbocycles. The van der Waals surface area contributed by atoms with Gasteiger partial charge in [0.25, 0.3) is 0 Å². The summed E-state index contributed by atoms with van der Waals surface area (Å²) in [6, 6.07) is 9.82. The second-order valence-corrected chi connectivity index (χ2v) is 4.32. The predicted octanol–water partition coefficient (Wildman–Crippen LogP) is 3.08. The zero-order valence-electron chi connectivity index (χ0n) is 11.6. The highest BCUT2D eigenvalue weighted by molar-refractivity contribution is 5.66. The number of benzene rings is 1. The average Bonchev–Trinajstić information content (AvgIpc) is 2.42. The van der Waals surface area contributed by atoms with Crippen molar-refractivity contribution >= 4 is 5.97 Å². The number of rotatable bonds is 9. The summed E-state index contributed by atoms with van der Waals surface area (Å²) in [5.74, 6) is -0.246. The molecule has 4 heteroatoms. The number of carbonyl (C=O) groups is 1. The number of carbonyl (C=O) groups excluding carboxylic acids is 1. The standard InChI is InChI=1S/C15H22O4/c1-13(16)19-15(14-8-4-3-5-9-14)10-6-7-11-18-12-17-2/h3-5,8-9,15H,6-7,10-12H2,1-2H3/t15-/m0/s1. The van der Waals surface area contributed by atoms with Crippen LogP contribution in [-0.2, 0) is 19.0 Å². The van der Waals surface area contributed by atoms with E-state index in [4.69, 9.17) is 14.2 Å². The molecule has 4 nitrogen and oxygen atoms in total. The Morgan fingerprint density at radius 3 is 2.58 bits per heavy atom. The molecule has 0 fully saturated rings. The smallest absolute Gasteiger partial charge is 0.303 e. The molecule has 0 aliphatic rings. The van der Waals surface area contributed by atoms with Crippen molar-refractivity contribution in [2.45, 2.75) is 32.3 Å². The van der Waals surface area contributed by atoms with Crippen LogP contribution < -0.4 is 0 Å². The number of hydrogen-bond donors (Lipinski definition) is 0. The van der Waals surface area contributed by atoms with Crippen LogP contribution in [0.4, 0.5) is 0 Å². The second-order valence-electron chi connectivity index (χ2n) is 4.32. The fraction of sp³-hybridized carbons (Fsp3) is 0.533. The maximum Gasteiger partial charge on any atom is 0.303 e. The lowest BCUT2D eigenvalue weighted by molar-refractivity contribution is -0.147. The Hall–Kier alpha value is -1.39. The Kier molecular flexibility index (Phi) is 7.86. The van der Waals surface area contributed by atoms with E-state index in [0.29, 0.717) is 13.4 Å². The van der Waals surface area contributed by atoms with Crippen LogP contribution in [0, 0.1) is 0 Å². The Balaban J connectivity index is 2.36. The summed E-state index contributed by atoms with van der Waals surface area (Å²) in [4.78, 5) is 11.1. The Morgan fingerprint density at radius 2 is 1.95 bits per heavy atom. The van der Waals surface area contributed by atoms with Gasteiger partial charge in [0, 0.05) is 20.6 Å². The molecular weight excluding hydrogens is 244 g/mol. The van der Waals surface area contributed by atoms with Gasteiger partial charge in [0.2, 0.25) is 0 Å². The summed E-state index contributed by atoms with van der Waals surface area (Å²) in [7, 11) is 1.60. The van der Waals surface area contributed by atoms with Crippen molar-refractivity contribution in [3.05, 3.63) is 35.9 Å². The number of esters is 1. The molecule has 1 atom stereocenters. The first-order valence-electron chi connectivity index (χ1n) is 6.53. The minimum atomic E-state index is -0.246. The molecule has 106 valence electrons. The van der Waals surface area contributed by atoms with Gasteiger partial charge in [-0.3, -0.25) is 4.79 Å². The molecule has 0 spiro atoms. The molecule has 1 rings (SSSR count). The summed E-state index contributed by atoms with van der Waals surface area (Å²) in [6.07, 6.45) is 2.51. The van der Waals surface area contributed by atoms with Crippen LogP contribution in [0.5, 0.6) is 0 Å². The Bertz CT molecular complexity index is 350. The monoisotopic (exact) mass is 266 g/mol. The SMILES string of the molecule is COCOCCCC[C@H](OC(C)=O)c1ccccc1. The zero-order valence-corrected chi connectivity index (χ0v) is 11.6. The molecule has 0 saturated carbocycles. The molecule has 0 aliphatic heterocycles. The first kappa shape index (κ1) is 15.7. The van der Waals surface area contributed by atoms with E-state index >= 15 is 0 Å². The molecule has 0 amide bonds. The topological polar surface area (TPSA) is 44.8 Å². The summed E-state index contributed by atoms with van der Waals surface area (Å²) in [5.41, 5.74) is 1.04. The molecule has 0 saturated heterocycles. The van der Waals surface area contributed by atoms with Gasteiger partial charge >= 0.3 is 5.97 Å². The van der Waals surface area contributed by atoms with Gasteiger partial charge in [-0.05, 0) is 24.8 Å². The summed E-state index contributed by atoms with van der Waals surface area (Å²) >= 11 is 0. The van der Waals surface area contributed by atoms with Gasteiger partial charge in [0.15, 0.2) is 0 Å². The van der Waals surface area contributed by atoms with Crippen molar-refractivity contribution in [3.8, 4) is 0 Å². The molecule has 19 heavy (non-hydrogen) atoms. The number of hydrogen-bond acceptors (Lipinski definition) is 4. The van der Waals surface area contributed by atoms with E-state index in [-0.39, 0.29) is 12.1 Å². The Morgan fingerprint density at radius 1 is 1.21 bits per heavy atom. The van der Waals surface area contributed by atoms with Gasteiger partial charge in [-0.2, -0.15) is 0 Å². The van der Waals surface area contributed by atoms with Crippen molar-refractivity contribution in [2.24, 2.45) is 0 Å². The van der Waals surface area contributed by atoms with Crippen LogP contribution >= 0.6 is 0 Å². The lowest BCUT2D eigenvalue weighted by Crippen LogP contribution is -2.09. The van der Waals surface area contributed by atoms with Crippen molar-refractivity contribution in [1.82, 2.24) is 0 Å². The van der Waals surface area contributed by atoms with Gasteiger partial charge in [0.1, 0.15) is 12.9 Å². The molecule has 0 unspecified atom stereocenters. The number of methoxy groups -OCH3 is 1. The molecule has 1 aromatic carbocycles. The highest BCUT2D eigenvalue weighted by atomic mass is 16.7. The van der Waals surface area contributed by atoms with Gasteiger partial charge < -0.3 is 14.2 Å². The van der Waals surface area contributed by atoms with Crippen LogP contribution in [0.1, 0.15) is 37.9 Å². The van der Waals surface area contributed by atoms with Crippen molar-refractivity contribution < 1.29 is 19.0 Å². The van der Waals surface area contributed by atoms with E-state index in [1.165, 1.54) is 6.92 Å². The van der Waals surface area contributed by atoms with Crippen molar-refractivity contribution in [3.63, 3.8) is 0 Å². The zero-order chi connectivity index (χ0) is 13.9. The molecule has 0 bridgehead atoms. The second kappa shape index (κ2) is 9.53. The molecule has 0 aromatic heterocycles. The predicted molar refractivity (Wildman–Crippen MR) is 72.6 cm³/mol. The number of unbranched alkanes of at least 4 members (excludes halogenated alkanes) is 1. The van der Waals surface area contributed by atoms with Crippen LogP contribution in [0.3, 0.4) is 0 Å². The lowest BCUT2D eigenvalue weighted by atomic mass is 10.0. The van der Waals surface area contributed by atoms with Gasteiger partial charge in [-0.15, -0.1) is 0 Å². The van der Waals surface area contributed by atoms with E-state index in [2.05, 4.69) is 0 Å². The van der Waals surface area contributed by atoms with Gasteiger partial charge in [-0.25, -0.2) is 0 Å². The van der Waals surface area contributed by atoms with E-state index in [1.807, 2.05) is 30.3 Å². The minimum Gasteiger partial charge on any atom is -0.458 e. The first-order valence-corrected chi connectivity index (χ1v) is 6.53. The van der Waals surface area contributed by atoms with E-state index in [0.717, 1.165) is 24.8 Å². The highest BCUT2D eigenvalue weighted by Crippen LogP contribution is 2.23. The van der Waals surface area contributed by atoms with Crippen molar-refractivity contribution in [1.29, 1.82) is 0 Å². The van der Waals surface area contributed by atoms with E-state index in [9.17, 15) is 4.79 Å². The Labute approximate surface area is 114 Å². The fourth-order valence-electron chi connectivity index (χ4n) is 1.84. The highest BCUT2D eigenvalue weighted by Gasteiger charge is 2.13. The summed E-state index contributed by atoms with van der Waals surface area (Å²) in [5, 5.41) is 0. The normalized spacial score (nSPS) is 12.1. The molecule has 0 radical (unpaired) electrons. The van der Waals surface area contributed by atoms with Gasteiger partial charge in [0.05, 0.1) is 0 Å². The minimum absolute atomic E-state index is 0.166. The first-order chi connectivity index (χ1) is 9.24. The molecular formula is C15H22O4. The molecule has 0 heterocycles. The fourth-order valence-corrected chi connectivity index (χ4v) is 1.84. The third-order valence-corrected chi connectivity index (χ3v) is 2.69. The third-order valence-electron chi connectivity index (χ3n) is 2.69. The van der Waals surface area contributed by atoms with Crippen LogP contribution in [0.25, 0.3) is 0 Å². The van der Waals surface area contributed by atoms with E-state index < -0.39 is 0 Å². The largest absolute Gasteiger partial charge is 0.458 e. The maximum absolute atomic E-state index is 11.1. The van der Waals surface area contributed by atoms with Crippen molar-refractivity contribution in [2.75, 3.05) is 20.5 Å². The maximum atomic E-state index is 11.1. The summed E-state index contributed by atoms with van der Waals surface area (Å²) < 4.78 is 15.4. The molecule has 1 aromatic rings. The third kappa shape index (κ3) is 6.94. The lowest BCUT2D eigenvalue weighted by Gasteiger charge is -2.17. The van der Waals surface area contributed by atoms with Crippen LogP contribution in [0.2, 0.25) is 0 Å².